The van der Waals surface area contributed by atoms with E-state index in [-0.39, 0.29) is 12.0 Å². The Morgan fingerprint density at radius 2 is 2.00 bits per heavy atom. The Bertz CT molecular complexity index is 353. The summed E-state index contributed by atoms with van der Waals surface area (Å²) in [4.78, 5) is 13.1. The van der Waals surface area contributed by atoms with E-state index in [0.29, 0.717) is 0 Å². The largest absolute Gasteiger partial charge is 0.495 e. The number of nitrogens with zero attached hydrogens (tertiary/aromatic N) is 1. The second-order valence-corrected chi connectivity index (χ2v) is 5.09. The van der Waals surface area contributed by atoms with Gasteiger partial charge in [-0.15, -0.1) is 0 Å². The molecule has 2 N–H and O–H groups in total. The molecular formula is C15H26N2O2. The Kier molecular flexibility index (Phi) is 6.46. The molecule has 0 spiro atoms. The second-order valence-electron chi connectivity index (χ2n) is 5.09. The van der Waals surface area contributed by atoms with E-state index in [9.17, 15) is 4.79 Å². The number of carbonyl (C=O) groups is 1. The molecule has 0 aliphatic carbocycles. The van der Waals surface area contributed by atoms with Gasteiger partial charge in [0.1, 0.15) is 6.10 Å². The van der Waals surface area contributed by atoms with Crippen molar-refractivity contribution in [3.8, 4) is 0 Å². The van der Waals surface area contributed by atoms with Crippen LogP contribution in [0, 0.1) is 0 Å². The molecular weight excluding hydrogens is 240 g/mol. The molecule has 19 heavy (non-hydrogen) atoms. The van der Waals surface area contributed by atoms with Crippen LogP contribution in [0.1, 0.15) is 46.5 Å². The van der Waals surface area contributed by atoms with Crippen molar-refractivity contribution in [1.82, 2.24) is 4.90 Å². The van der Waals surface area contributed by atoms with Gasteiger partial charge in [0.05, 0.1) is 5.76 Å². The lowest BCUT2D eigenvalue weighted by Gasteiger charge is -2.32. The molecule has 4 heteroatoms. The normalized spacial score (nSPS) is 18.6. The van der Waals surface area contributed by atoms with Crippen LogP contribution in [0.3, 0.4) is 0 Å². The minimum absolute atomic E-state index is 0.157. The van der Waals surface area contributed by atoms with Crippen LogP contribution in [0.25, 0.3) is 0 Å². The van der Waals surface area contributed by atoms with Gasteiger partial charge in [0.15, 0.2) is 0 Å². The maximum absolute atomic E-state index is 11.3. The van der Waals surface area contributed by atoms with E-state index in [1.54, 1.807) is 13.1 Å². The molecule has 1 rings (SSSR count). The molecule has 0 aromatic heterocycles. The summed E-state index contributed by atoms with van der Waals surface area (Å²) in [5.41, 5.74) is 6.51. The third-order valence-electron chi connectivity index (χ3n) is 3.35. The molecule has 0 atom stereocenters. The minimum Gasteiger partial charge on any atom is -0.495 e. The van der Waals surface area contributed by atoms with Crippen LogP contribution in [0.2, 0.25) is 0 Å². The third kappa shape index (κ3) is 5.37. The predicted octanol–water partition coefficient (Wildman–Crippen LogP) is 2.56. The number of nitrogens with two attached hydrogens (primary N) is 1. The smallest absolute Gasteiger partial charge is 0.219 e. The zero-order valence-electron chi connectivity index (χ0n) is 12.3. The average molecular weight is 266 g/mol. The number of carbonyl (C=O) groups excluding carboxylic acids is 1. The van der Waals surface area contributed by atoms with Crippen molar-refractivity contribution in [2.75, 3.05) is 13.1 Å². The Balaban J connectivity index is 2.53. The Morgan fingerprint density at radius 3 is 2.47 bits per heavy atom. The fourth-order valence-electron chi connectivity index (χ4n) is 2.22. The van der Waals surface area contributed by atoms with Gasteiger partial charge in [0.25, 0.3) is 0 Å². The van der Waals surface area contributed by atoms with Crippen LogP contribution in [0.5, 0.6) is 0 Å². The molecule has 1 aliphatic rings. The van der Waals surface area contributed by atoms with E-state index in [4.69, 9.17) is 10.5 Å². The number of allylic oxidation sites excluding steroid dienone is 3. The SMILES string of the molecule is CCC/C(=C\C(C)=C/N)OC1CCN(C(C)=O)CC1. The Hall–Kier alpha value is -1.45. The monoisotopic (exact) mass is 266 g/mol. The van der Waals surface area contributed by atoms with Crippen molar-refractivity contribution in [1.29, 1.82) is 0 Å². The first kappa shape index (κ1) is 15.6. The van der Waals surface area contributed by atoms with Gasteiger partial charge in [-0.25, -0.2) is 0 Å². The summed E-state index contributed by atoms with van der Waals surface area (Å²) in [6.07, 6.45) is 7.63. The molecule has 0 unspecified atom stereocenters. The van der Waals surface area contributed by atoms with E-state index in [2.05, 4.69) is 6.92 Å². The molecule has 4 nitrogen and oxygen atoms in total. The maximum Gasteiger partial charge on any atom is 0.219 e. The molecule has 0 aromatic rings. The van der Waals surface area contributed by atoms with Crippen molar-refractivity contribution in [2.45, 2.75) is 52.6 Å². The van der Waals surface area contributed by atoms with Crippen LogP contribution in [-0.4, -0.2) is 30.0 Å². The first-order valence-corrected chi connectivity index (χ1v) is 7.08. The number of hydrogen-bond donors (Lipinski definition) is 1. The number of amides is 1. The van der Waals surface area contributed by atoms with Gasteiger partial charge in [-0.05, 0) is 31.2 Å². The van der Waals surface area contributed by atoms with E-state index in [0.717, 1.165) is 50.1 Å². The number of likely N-dealkylation sites (tertiary alicyclic amines) is 1. The molecule has 1 amide bonds. The molecule has 1 saturated heterocycles. The molecule has 0 radical (unpaired) electrons. The van der Waals surface area contributed by atoms with Crippen LogP contribution in [-0.2, 0) is 9.53 Å². The lowest BCUT2D eigenvalue weighted by Crippen LogP contribution is -2.39. The Morgan fingerprint density at radius 1 is 1.37 bits per heavy atom. The lowest BCUT2D eigenvalue weighted by atomic mass is 10.1. The summed E-state index contributed by atoms with van der Waals surface area (Å²) in [7, 11) is 0. The fraction of sp³-hybridized carbons (Fsp3) is 0.667. The van der Waals surface area contributed by atoms with Gasteiger partial charge >= 0.3 is 0 Å². The highest BCUT2D eigenvalue weighted by atomic mass is 16.5. The molecule has 1 fully saturated rings. The molecule has 0 bridgehead atoms. The van der Waals surface area contributed by atoms with Crippen LogP contribution in [0.4, 0.5) is 0 Å². The van der Waals surface area contributed by atoms with Crippen molar-refractivity contribution in [3.05, 3.63) is 23.6 Å². The topological polar surface area (TPSA) is 55.6 Å². The van der Waals surface area contributed by atoms with E-state index >= 15 is 0 Å². The number of piperidine rings is 1. The summed E-state index contributed by atoms with van der Waals surface area (Å²) in [6, 6.07) is 0. The minimum atomic E-state index is 0.157. The van der Waals surface area contributed by atoms with Gasteiger partial charge in [0, 0.05) is 39.3 Å². The number of hydrogen-bond acceptors (Lipinski definition) is 3. The van der Waals surface area contributed by atoms with Gasteiger partial charge in [-0.3, -0.25) is 4.79 Å². The van der Waals surface area contributed by atoms with E-state index in [1.165, 1.54) is 0 Å². The van der Waals surface area contributed by atoms with Crippen molar-refractivity contribution < 1.29 is 9.53 Å². The van der Waals surface area contributed by atoms with Gasteiger partial charge in [0.2, 0.25) is 5.91 Å². The zero-order chi connectivity index (χ0) is 14.3. The summed E-state index contributed by atoms with van der Waals surface area (Å²) in [6.45, 7) is 7.32. The van der Waals surface area contributed by atoms with Gasteiger partial charge in [-0.1, -0.05) is 6.92 Å². The molecule has 0 aromatic carbocycles. The van der Waals surface area contributed by atoms with Crippen molar-refractivity contribution in [3.63, 3.8) is 0 Å². The summed E-state index contributed by atoms with van der Waals surface area (Å²) >= 11 is 0. The standard InChI is InChI=1S/C15H26N2O2/c1-4-5-15(10-12(2)11-16)19-14-6-8-17(9-7-14)13(3)18/h10-11,14H,4-9,16H2,1-3H3/b12-11-,15-10+. The third-order valence-corrected chi connectivity index (χ3v) is 3.35. The van der Waals surface area contributed by atoms with Crippen molar-refractivity contribution in [2.24, 2.45) is 5.73 Å². The Labute approximate surface area is 116 Å². The van der Waals surface area contributed by atoms with Crippen LogP contribution in [0.15, 0.2) is 23.6 Å². The zero-order valence-corrected chi connectivity index (χ0v) is 12.3. The van der Waals surface area contributed by atoms with Gasteiger partial charge < -0.3 is 15.4 Å². The van der Waals surface area contributed by atoms with E-state index < -0.39 is 0 Å². The number of rotatable bonds is 5. The van der Waals surface area contributed by atoms with E-state index in [1.807, 2.05) is 17.9 Å². The maximum atomic E-state index is 11.3. The lowest BCUT2D eigenvalue weighted by molar-refractivity contribution is -0.131. The molecule has 1 aliphatic heterocycles. The predicted molar refractivity (Wildman–Crippen MR) is 77.3 cm³/mol. The van der Waals surface area contributed by atoms with Crippen LogP contribution < -0.4 is 5.73 Å². The highest BCUT2D eigenvalue weighted by Gasteiger charge is 2.22. The summed E-state index contributed by atoms with van der Waals surface area (Å²) < 4.78 is 6.06. The molecule has 108 valence electrons. The first-order chi connectivity index (χ1) is 9.06. The highest BCUT2D eigenvalue weighted by molar-refractivity contribution is 5.73. The molecule has 0 saturated carbocycles. The summed E-state index contributed by atoms with van der Waals surface area (Å²) in [5, 5.41) is 0. The average Bonchev–Trinajstić information content (AvgIpc) is 2.39. The number of ether oxygens (including phenoxy) is 1. The van der Waals surface area contributed by atoms with Crippen LogP contribution >= 0.6 is 0 Å². The van der Waals surface area contributed by atoms with Gasteiger partial charge in [-0.2, -0.15) is 0 Å². The first-order valence-electron chi connectivity index (χ1n) is 7.08. The quantitative estimate of drug-likeness (QED) is 0.614. The highest BCUT2D eigenvalue weighted by Crippen LogP contribution is 2.20. The summed E-state index contributed by atoms with van der Waals surface area (Å²) in [5.74, 6) is 1.16. The second kappa shape index (κ2) is 7.87. The van der Waals surface area contributed by atoms with Crippen molar-refractivity contribution >= 4 is 5.91 Å². The fourth-order valence-corrected chi connectivity index (χ4v) is 2.22. The molecule has 1 heterocycles.